The van der Waals surface area contributed by atoms with Gasteiger partial charge in [-0.2, -0.15) is 0 Å². The Kier molecular flexibility index (Phi) is 6.85. The van der Waals surface area contributed by atoms with Crippen LogP contribution in [0.2, 0.25) is 0 Å². The van der Waals surface area contributed by atoms with Crippen LogP contribution in [-0.4, -0.2) is 25.3 Å². The summed E-state index contributed by atoms with van der Waals surface area (Å²) >= 11 is 5.39. The molecule has 2 nitrogen and oxygen atoms in total. The largest absolute Gasteiger partial charge is 0.378 e. The fourth-order valence-corrected chi connectivity index (χ4v) is 4.12. The molecule has 19 heavy (non-hydrogen) atoms. The molecule has 1 fully saturated rings. The van der Waals surface area contributed by atoms with Crippen LogP contribution in [0.15, 0.2) is 15.9 Å². The second kappa shape index (κ2) is 8.40. The molecule has 1 aliphatic heterocycles. The molecule has 1 aromatic rings. The average molecular weight is 346 g/mol. The fourth-order valence-electron chi connectivity index (χ4n) is 2.59. The van der Waals surface area contributed by atoms with Gasteiger partial charge >= 0.3 is 0 Å². The van der Waals surface area contributed by atoms with E-state index in [1.54, 1.807) is 0 Å². The normalized spacial score (nSPS) is 20.8. The average Bonchev–Trinajstić information content (AvgIpc) is 3.04. The van der Waals surface area contributed by atoms with Gasteiger partial charge in [-0.25, -0.2) is 0 Å². The van der Waals surface area contributed by atoms with Crippen molar-refractivity contribution in [3.05, 3.63) is 20.8 Å². The first-order valence-electron chi connectivity index (χ1n) is 7.36. The van der Waals surface area contributed by atoms with Crippen molar-refractivity contribution < 1.29 is 4.74 Å². The van der Waals surface area contributed by atoms with Crippen molar-refractivity contribution in [1.82, 2.24) is 5.32 Å². The van der Waals surface area contributed by atoms with Crippen molar-refractivity contribution in [2.45, 2.75) is 57.6 Å². The van der Waals surface area contributed by atoms with Crippen LogP contribution in [0.25, 0.3) is 0 Å². The lowest BCUT2D eigenvalue weighted by Crippen LogP contribution is -2.32. The maximum atomic E-state index is 5.73. The molecule has 2 atom stereocenters. The third-order valence-corrected chi connectivity index (χ3v) is 5.33. The monoisotopic (exact) mass is 345 g/mol. The molecule has 2 heterocycles. The van der Waals surface area contributed by atoms with Crippen LogP contribution in [-0.2, 0) is 11.2 Å². The summed E-state index contributed by atoms with van der Waals surface area (Å²) in [5.41, 5.74) is 0. The number of halogens is 1. The fraction of sp³-hybridized carbons (Fsp3) is 0.733. The van der Waals surface area contributed by atoms with Crippen molar-refractivity contribution in [3.8, 4) is 0 Å². The van der Waals surface area contributed by atoms with Crippen LogP contribution >= 0.6 is 27.3 Å². The summed E-state index contributed by atoms with van der Waals surface area (Å²) in [6, 6.07) is 2.84. The molecule has 1 aliphatic rings. The number of nitrogens with one attached hydrogen (secondary N) is 1. The van der Waals surface area contributed by atoms with Gasteiger partial charge in [-0.1, -0.05) is 6.92 Å². The summed E-state index contributed by atoms with van der Waals surface area (Å²) in [7, 11) is 0. The molecule has 4 heteroatoms. The second-order valence-corrected chi connectivity index (χ2v) is 7.21. The van der Waals surface area contributed by atoms with E-state index in [2.05, 4.69) is 39.6 Å². The topological polar surface area (TPSA) is 21.3 Å². The first kappa shape index (κ1) is 15.5. The Balaban J connectivity index is 1.79. The Morgan fingerprint density at radius 2 is 2.47 bits per heavy atom. The van der Waals surface area contributed by atoms with E-state index >= 15 is 0 Å². The van der Waals surface area contributed by atoms with E-state index in [4.69, 9.17) is 4.74 Å². The van der Waals surface area contributed by atoms with Crippen molar-refractivity contribution in [2.24, 2.45) is 0 Å². The molecular formula is C15H24BrNOS. The van der Waals surface area contributed by atoms with Crippen molar-refractivity contribution in [2.75, 3.05) is 13.2 Å². The highest BCUT2D eigenvalue weighted by atomic mass is 79.9. The van der Waals surface area contributed by atoms with E-state index in [0.29, 0.717) is 12.1 Å². The summed E-state index contributed by atoms with van der Waals surface area (Å²) in [6.07, 6.45) is 7.78. The highest BCUT2D eigenvalue weighted by molar-refractivity contribution is 9.10. The summed E-state index contributed by atoms with van der Waals surface area (Å²) in [5, 5.41) is 5.86. The highest BCUT2D eigenvalue weighted by Crippen LogP contribution is 2.23. The molecule has 0 aromatic carbocycles. The molecule has 0 spiro atoms. The third-order valence-electron chi connectivity index (χ3n) is 3.61. The van der Waals surface area contributed by atoms with Crippen molar-refractivity contribution >= 4 is 27.3 Å². The molecule has 2 unspecified atom stereocenters. The molecular weight excluding hydrogens is 322 g/mol. The van der Waals surface area contributed by atoms with Crippen LogP contribution in [0, 0.1) is 0 Å². The zero-order chi connectivity index (χ0) is 13.5. The molecule has 0 radical (unpaired) electrons. The van der Waals surface area contributed by atoms with Crippen LogP contribution in [0.3, 0.4) is 0 Å². The third kappa shape index (κ3) is 5.54. The van der Waals surface area contributed by atoms with Gasteiger partial charge in [0.05, 0.1) is 6.10 Å². The minimum Gasteiger partial charge on any atom is -0.378 e. The van der Waals surface area contributed by atoms with Gasteiger partial charge < -0.3 is 10.1 Å². The second-order valence-electron chi connectivity index (χ2n) is 5.30. The summed E-state index contributed by atoms with van der Waals surface area (Å²) in [4.78, 5) is 1.47. The lowest BCUT2D eigenvalue weighted by molar-refractivity contribution is 0.0996. The summed E-state index contributed by atoms with van der Waals surface area (Å²) in [5.74, 6) is 0. The van der Waals surface area contributed by atoms with E-state index in [9.17, 15) is 0 Å². The summed E-state index contributed by atoms with van der Waals surface area (Å²) < 4.78 is 6.94. The molecule has 0 aliphatic carbocycles. The molecule has 108 valence electrons. The van der Waals surface area contributed by atoms with Crippen LogP contribution in [0.1, 0.15) is 43.9 Å². The number of rotatable bonds is 8. The van der Waals surface area contributed by atoms with Crippen LogP contribution < -0.4 is 5.32 Å². The Bertz CT molecular complexity index is 363. The van der Waals surface area contributed by atoms with Gasteiger partial charge in [-0.15, -0.1) is 11.3 Å². The van der Waals surface area contributed by atoms with E-state index in [-0.39, 0.29) is 0 Å². The standard InChI is InChI=1S/C15H24BrNOS/c1-2-7-17-13(5-6-14-4-3-8-18-14)10-15-9-12(16)11-19-15/h9,11,13-14,17H,2-8,10H2,1H3. The van der Waals surface area contributed by atoms with E-state index < -0.39 is 0 Å². The molecule has 0 bridgehead atoms. The Labute approximate surface area is 129 Å². The van der Waals surface area contributed by atoms with Gasteiger partial charge in [-0.3, -0.25) is 0 Å². The molecule has 1 saturated heterocycles. The zero-order valence-corrected chi connectivity index (χ0v) is 14.1. The molecule has 0 saturated carbocycles. The highest BCUT2D eigenvalue weighted by Gasteiger charge is 2.18. The maximum Gasteiger partial charge on any atom is 0.0576 e. The smallest absolute Gasteiger partial charge is 0.0576 e. The molecule has 1 aromatic heterocycles. The lowest BCUT2D eigenvalue weighted by Gasteiger charge is -2.19. The predicted octanol–water partition coefficient (Wildman–Crippen LogP) is 4.38. The minimum absolute atomic E-state index is 0.515. The van der Waals surface area contributed by atoms with E-state index in [1.165, 1.54) is 41.5 Å². The molecule has 2 rings (SSSR count). The van der Waals surface area contributed by atoms with Gasteiger partial charge in [0, 0.05) is 27.4 Å². The SMILES string of the molecule is CCCNC(CCC1CCCO1)Cc1cc(Br)cs1. The number of hydrogen-bond acceptors (Lipinski definition) is 3. The van der Waals surface area contributed by atoms with Crippen molar-refractivity contribution in [1.29, 1.82) is 0 Å². The zero-order valence-electron chi connectivity index (χ0n) is 11.7. The van der Waals surface area contributed by atoms with Crippen molar-refractivity contribution in [3.63, 3.8) is 0 Å². The maximum absolute atomic E-state index is 5.73. The molecule has 1 N–H and O–H groups in total. The minimum atomic E-state index is 0.515. The van der Waals surface area contributed by atoms with Gasteiger partial charge in [0.1, 0.15) is 0 Å². The first-order valence-corrected chi connectivity index (χ1v) is 9.03. The summed E-state index contributed by atoms with van der Waals surface area (Å²) in [6.45, 7) is 4.31. The molecule has 0 amide bonds. The Morgan fingerprint density at radius 3 is 3.11 bits per heavy atom. The van der Waals surface area contributed by atoms with E-state index in [0.717, 1.165) is 19.6 Å². The van der Waals surface area contributed by atoms with E-state index in [1.807, 2.05) is 11.3 Å². The quantitative estimate of drug-likeness (QED) is 0.754. The lowest BCUT2D eigenvalue weighted by atomic mass is 10.0. The van der Waals surface area contributed by atoms with Gasteiger partial charge in [0.2, 0.25) is 0 Å². The Morgan fingerprint density at radius 1 is 1.58 bits per heavy atom. The van der Waals surface area contributed by atoms with Crippen LogP contribution in [0.5, 0.6) is 0 Å². The van der Waals surface area contributed by atoms with Gasteiger partial charge in [0.25, 0.3) is 0 Å². The predicted molar refractivity (Wildman–Crippen MR) is 86.0 cm³/mol. The number of ether oxygens (including phenoxy) is 1. The Hall–Kier alpha value is 0.1000. The van der Waals surface area contributed by atoms with Gasteiger partial charge in [0.15, 0.2) is 0 Å². The van der Waals surface area contributed by atoms with Crippen LogP contribution in [0.4, 0.5) is 0 Å². The first-order chi connectivity index (χ1) is 9.28. The number of hydrogen-bond donors (Lipinski definition) is 1. The van der Waals surface area contributed by atoms with Gasteiger partial charge in [-0.05, 0) is 67.1 Å². The number of thiophene rings is 1.